The summed E-state index contributed by atoms with van der Waals surface area (Å²) in [6.45, 7) is 6.92. The number of rotatable bonds is 6. The molecule has 0 heterocycles. The number of hydrogen-bond donors (Lipinski definition) is 1. The molecular formula is C14H22FN. The van der Waals surface area contributed by atoms with Crippen LogP contribution in [0.4, 0.5) is 4.39 Å². The highest BCUT2D eigenvalue weighted by atomic mass is 19.1. The van der Waals surface area contributed by atoms with Crippen LogP contribution in [0.15, 0.2) is 18.2 Å². The molecule has 1 aromatic rings. The lowest BCUT2D eigenvalue weighted by Gasteiger charge is -2.13. The van der Waals surface area contributed by atoms with Crippen LogP contribution in [0.25, 0.3) is 0 Å². The van der Waals surface area contributed by atoms with E-state index in [0.717, 1.165) is 12.1 Å². The van der Waals surface area contributed by atoms with Gasteiger partial charge < -0.3 is 5.32 Å². The summed E-state index contributed by atoms with van der Waals surface area (Å²) in [4.78, 5) is 0. The number of unbranched alkanes of at least 4 members (excludes halogenated alkanes) is 1. The van der Waals surface area contributed by atoms with Crippen molar-refractivity contribution in [1.29, 1.82) is 0 Å². The summed E-state index contributed by atoms with van der Waals surface area (Å²) in [5.74, 6) is -0.111. The van der Waals surface area contributed by atoms with Crippen molar-refractivity contribution in [2.45, 2.75) is 52.6 Å². The standard InChI is InChI=1S/C14H22FN/c1-4-5-6-12(3)16-10-13-8-7-11(2)14(15)9-13/h7-9,12,16H,4-6,10H2,1-3H3. The van der Waals surface area contributed by atoms with Crippen LogP contribution in [0.3, 0.4) is 0 Å². The Balaban J connectivity index is 2.39. The molecule has 0 aliphatic rings. The minimum Gasteiger partial charge on any atom is -0.310 e. The van der Waals surface area contributed by atoms with Gasteiger partial charge in [0.25, 0.3) is 0 Å². The lowest BCUT2D eigenvalue weighted by atomic mass is 10.1. The van der Waals surface area contributed by atoms with Crippen molar-refractivity contribution in [3.05, 3.63) is 35.1 Å². The third kappa shape index (κ3) is 4.31. The predicted octanol–water partition coefficient (Wildman–Crippen LogP) is 3.80. The van der Waals surface area contributed by atoms with Gasteiger partial charge in [-0.1, -0.05) is 31.9 Å². The lowest BCUT2D eigenvalue weighted by Crippen LogP contribution is -2.25. The molecule has 2 heteroatoms. The monoisotopic (exact) mass is 223 g/mol. The van der Waals surface area contributed by atoms with Gasteiger partial charge in [-0.3, -0.25) is 0 Å². The highest BCUT2D eigenvalue weighted by molar-refractivity contribution is 5.23. The quantitative estimate of drug-likeness (QED) is 0.773. The third-order valence-corrected chi connectivity index (χ3v) is 2.88. The molecule has 0 radical (unpaired) electrons. The maximum atomic E-state index is 13.3. The molecule has 16 heavy (non-hydrogen) atoms. The van der Waals surface area contributed by atoms with Crippen molar-refractivity contribution < 1.29 is 4.39 Å². The van der Waals surface area contributed by atoms with Crippen LogP contribution in [0.2, 0.25) is 0 Å². The molecule has 1 aromatic carbocycles. The summed E-state index contributed by atoms with van der Waals surface area (Å²) >= 11 is 0. The summed E-state index contributed by atoms with van der Waals surface area (Å²) in [5.41, 5.74) is 1.73. The summed E-state index contributed by atoms with van der Waals surface area (Å²) < 4.78 is 13.3. The first-order chi connectivity index (χ1) is 7.63. The molecule has 1 rings (SSSR count). The van der Waals surface area contributed by atoms with Crippen LogP contribution < -0.4 is 5.32 Å². The molecule has 90 valence electrons. The van der Waals surface area contributed by atoms with E-state index in [-0.39, 0.29) is 5.82 Å². The zero-order chi connectivity index (χ0) is 12.0. The maximum absolute atomic E-state index is 13.3. The molecule has 0 saturated carbocycles. The smallest absolute Gasteiger partial charge is 0.126 e. The minimum absolute atomic E-state index is 0.111. The van der Waals surface area contributed by atoms with Crippen molar-refractivity contribution in [1.82, 2.24) is 5.32 Å². The number of benzene rings is 1. The second-order valence-electron chi connectivity index (χ2n) is 4.51. The fourth-order valence-corrected chi connectivity index (χ4v) is 1.65. The summed E-state index contributed by atoms with van der Waals surface area (Å²) in [7, 11) is 0. The lowest BCUT2D eigenvalue weighted by molar-refractivity contribution is 0.493. The van der Waals surface area contributed by atoms with Gasteiger partial charge >= 0.3 is 0 Å². The Bertz CT molecular complexity index is 323. The molecule has 0 aliphatic carbocycles. The number of hydrogen-bond acceptors (Lipinski definition) is 1. The number of nitrogens with one attached hydrogen (secondary N) is 1. The van der Waals surface area contributed by atoms with E-state index in [1.807, 2.05) is 12.1 Å². The van der Waals surface area contributed by atoms with Crippen LogP contribution in [-0.2, 0) is 6.54 Å². The van der Waals surface area contributed by atoms with Crippen LogP contribution >= 0.6 is 0 Å². The van der Waals surface area contributed by atoms with Crippen molar-refractivity contribution in [2.75, 3.05) is 0 Å². The van der Waals surface area contributed by atoms with Crippen molar-refractivity contribution >= 4 is 0 Å². The van der Waals surface area contributed by atoms with Crippen molar-refractivity contribution in [3.63, 3.8) is 0 Å². The van der Waals surface area contributed by atoms with Gasteiger partial charge in [-0.05, 0) is 37.5 Å². The fraction of sp³-hybridized carbons (Fsp3) is 0.571. The average molecular weight is 223 g/mol. The second kappa shape index (κ2) is 6.64. The summed E-state index contributed by atoms with van der Waals surface area (Å²) in [6, 6.07) is 5.94. The summed E-state index contributed by atoms with van der Waals surface area (Å²) in [5, 5.41) is 3.41. The van der Waals surface area contributed by atoms with E-state index >= 15 is 0 Å². The Kier molecular flexibility index (Phi) is 5.47. The van der Waals surface area contributed by atoms with E-state index < -0.39 is 0 Å². The molecule has 0 spiro atoms. The van der Waals surface area contributed by atoms with E-state index in [0.29, 0.717) is 11.6 Å². The fourth-order valence-electron chi connectivity index (χ4n) is 1.65. The topological polar surface area (TPSA) is 12.0 Å². The number of aryl methyl sites for hydroxylation is 1. The van der Waals surface area contributed by atoms with Crippen molar-refractivity contribution in [3.8, 4) is 0 Å². The summed E-state index contributed by atoms with van der Waals surface area (Å²) in [6.07, 6.45) is 3.66. The zero-order valence-electron chi connectivity index (χ0n) is 10.5. The molecule has 1 unspecified atom stereocenters. The maximum Gasteiger partial charge on any atom is 0.126 e. The van der Waals surface area contributed by atoms with Gasteiger partial charge in [-0.2, -0.15) is 0 Å². The Morgan fingerprint density at radius 2 is 2.12 bits per heavy atom. The highest BCUT2D eigenvalue weighted by Crippen LogP contribution is 2.09. The van der Waals surface area contributed by atoms with Gasteiger partial charge in [-0.25, -0.2) is 4.39 Å². The Hall–Kier alpha value is -0.890. The van der Waals surface area contributed by atoms with Crippen LogP contribution in [0, 0.1) is 12.7 Å². The first-order valence-corrected chi connectivity index (χ1v) is 6.12. The van der Waals surface area contributed by atoms with E-state index in [9.17, 15) is 4.39 Å². The number of halogens is 1. The molecule has 0 bridgehead atoms. The van der Waals surface area contributed by atoms with E-state index in [2.05, 4.69) is 19.2 Å². The van der Waals surface area contributed by atoms with Gasteiger partial charge in [0.05, 0.1) is 0 Å². The normalized spacial score (nSPS) is 12.8. The van der Waals surface area contributed by atoms with Gasteiger partial charge in [0.1, 0.15) is 5.82 Å². The van der Waals surface area contributed by atoms with Gasteiger partial charge in [-0.15, -0.1) is 0 Å². The molecule has 0 aromatic heterocycles. The third-order valence-electron chi connectivity index (χ3n) is 2.88. The zero-order valence-corrected chi connectivity index (χ0v) is 10.5. The molecule has 0 aliphatic heterocycles. The van der Waals surface area contributed by atoms with Gasteiger partial charge in [0.15, 0.2) is 0 Å². The molecule has 1 N–H and O–H groups in total. The van der Waals surface area contributed by atoms with E-state index in [1.165, 1.54) is 19.3 Å². The average Bonchev–Trinajstić information content (AvgIpc) is 2.28. The van der Waals surface area contributed by atoms with E-state index in [4.69, 9.17) is 0 Å². The molecule has 1 atom stereocenters. The van der Waals surface area contributed by atoms with Gasteiger partial charge in [0.2, 0.25) is 0 Å². The molecular weight excluding hydrogens is 201 g/mol. The van der Waals surface area contributed by atoms with Crippen molar-refractivity contribution in [2.24, 2.45) is 0 Å². The highest BCUT2D eigenvalue weighted by Gasteiger charge is 2.02. The SMILES string of the molecule is CCCCC(C)NCc1ccc(C)c(F)c1. The predicted molar refractivity (Wildman–Crippen MR) is 67.0 cm³/mol. The largest absolute Gasteiger partial charge is 0.310 e. The van der Waals surface area contributed by atoms with Crippen LogP contribution in [0.1, 0.15) is 44.2 Å². The van der Waals surface area contributed by atoms with Crippen LogP contribution in [0.5, 0.6) is 0 Å². The Labute approximate surface area is 98.1 Å². The van der Waals surface area contributed by atoms with E-state index in [1.54, 1.807) is 13.0 Å². The molecule has 0 amide bonds. The Morgan fingerprint density at radius 3 is 2.75 bits per heavy atom. The minimum atomic E-state index is -0.111. The van der Waals surface area contributed by atoms with Crippen LogP contribution in [-0.4, -0.2) is 6.04 Å². The van der Waals surface area contributed by atoms with Gasteiger partial charge in [0, 0.05) is 12.6 Å². The molecule has 1 nitrogen and oxygen atoms in total. The molecule has 0 fully saturated rings. The first-order valence-electron chi connectivity index (χ1n) is 6.12. The Morgan fingerprint density at radius 1 is 1.38 bits per heavy atom. The second-order valence-corrected chi connectivity index (χ2v) is 4.51. The first kappa shape index (κ1) is 13.2. The molecule has 0 saturated heterocycles.